The number of carbonyl (C=O) groups excluding carboxylic acids is 1. The Morgan fingerprint density at radius 2 is 2.12 bits per heavy atom. The van der Waals surface area contributed by atoms with Crippen molar-refractivity contribution in [2.75, 3.05) is 13.2 Å². The average Bonchev–Trinajstić information content (AvgIpc) is 3.03. The number of likely N-dealkylation sites (tertiary alicyclic amines) is 1. The smallest absolute Gasteiger partial charge is 0.226 e. The minimum atomic E-state index is 0.213. The highest BCUT2D eigenvalue weighted by Gasteiger charge is 2.45. The molecule has 0 aromatic rings. The second kappa shape index (κ2) is 4.60. The second-order valence-electron chi connectivity index (χ2n) is 6.12. The van der Waals surface area contributed by atoms with E-state index in [1.165, 1.54) is 19.3 Å². The zero-order valence-corrected chi connectivity index (χ0v) is 10.5. The predicted molar refractivity (Wildman–Crippen MR) is 65.4 cm³/mol. The van der Waals surface area contributed by atoms with E-state index in [1.807, 2.05) is 0 Å². The molecule has 1 N–H and O–H groups in total. The molecule has 3 nitrogen and oxygen atoms in total. The predicted octanol–water partition coefficient (Wildman–Crippen LogP) is 1.80. The number of aliphatic hydroxyl groups excluding tert-OH is 1. The lowest BCUT2D eigenvalue weighted by atomic mass is 9.87. The summed E-state index contributed by atoms with van der Waals surface area (Å²) in [5, 5.41) is 9.06. The molecule has 1 heterocycles. The molecule has 2 aliphatic carbocycles. The van der Waals surface area contributed by atoms with Crippen molar-refractivity contribution in [1.29, 1.82) is 0 Å². The topological polar surface area (TPSA) is 40.5 Å². The lowest BCUT2D eigenvalue weighted by molar-refractivity contribution is -0.138. The number of hydrogen-bond acceptors (Lipinski definition) is 2. The fourth-order valence-corrected chi connectivity index (χ4v) is 4.34. The summed E-state index contributed by atoms with van der Waals surface area (Å²) in [7, 11) is 0. The van der Waals surface area contributed by atoms with Gasteiger partial charge in [0.25, 0.3) is 0 Å². The molecule has 4 atom stereocenters. The van der Waals surface area contributed by atoms with E-state index in [-0.39, 0.29) is 6.61 Å². The Bertz CT molecular complexity index is 305. The monoisotopic (exact) mass is 237 g/mol. The molecule has 0 spiro atoms. The van der Waals surface area contributed by atoms with Crippen molar-refractivity contribution in [2.45, 2.75) is 51.0 Å². The molecule has 3 fully saturated rings. The molecule has 0 radical (unpaired) electrons. The molecule has 3 aliphatic rings. The van der Waals surface area contributed by atoms with Crippen LogP contribution < -0.4 is 0 Å². The SMILES string of the molecule is O=C(C1CC2CCC1C2)N1CCCC1CCO. The maximum absolute atomic E-state index is 12.6. The fourth-order valence-electron chi connectivity index (χ4n) is 4.34. The van der Waals surface area contributed by atoms with Gasteiger partial charge in [-0.05, 0) is 50.4 Å². The summed E-state index contributed by atoms with van der Waals surface area (Å²) >= 11 is 0. The van der Waals surface area contributed by atoms with Crippen LogP contribution in [0.15, 0.2) is 0 Å². The maximum atomic E-state index is 12.6. The van der Waals surface area contributed by atoms with Gasteiger partial charge in [-0.25, -0.2) is 0 Å². The molecule has 2 bridgehead atoms. The number of nitrogens with zero attached hydrogens (tertiary/aromatic N) is 1. The zero-order valence-electron chi connectivity index (χ0n) is 10.5. The van der Waals surface area contributed by atoms with Gasteiger partial charge in [0.1, 0.15) is 0 Å². The molecule has 0 aromatic heterocycles. The summed E-state index contributed by atoms with van der Waals surface area (Å²) < 4.78 is 0. The van der Waals surface area contributed by atoms with Crippen molar-refractivity contribution in [3.63, 3.8) is 0 Å². The Labute approximate surface area is 103 Å². The van der Waals surface area contributed by atoms with Gasteiger partial charge in [-0.1, -0.05) is 6.42 Å². The summed E-state index contributed by atoms with van der Waals surface area (Å²) in [5.41, 5.74) is 0. The largest absolute Gasteiger partial charge is 0.396 e. The molecular weight excluding hydrogens is 214 g/mol. The average molecular weight is 237 g/mol. The third-order valence-corrected chi connectivity index (χ3v) is 5.18. The molecule has 0 aromatic carbocycles. The first kappa shape index (κ1) is 11.5. The van der Waals surface area contributed by atoms with Crippen molar-refractivity contribution in [2.24, 2.45) is 17.8 Å². The van der Waals surface area contributed by atoms with Gasteiger partial charge in [-0.2, -0.15) is 0 Å². The minimum absolute atomic E-state index is 0.213. The quantitative estimate of drug-likeness (QED) is 0.813. The van der Waals surface area contributed by atoms with Crippen LogP contribution in [0.2, 0.25) is 0 Å². The van der Waals surface area contributed by atoms with Gasteiger partial charge < -0.3 is 10.0 Å². The van der Waals surface area contributed by atoms with Gasteiger partial charge in [0.15, 0.2) is 0 Å². The van der Waals surface area contributed by atoms with Crippen molar-refractivity contribution >= 4 is 5.91 Å². The van der Waals surface area contributed by atoms with Crippen LogP contribution in [0, 0.1) is 17.8 Å². The molecule has 17 heavy (non-hydrogen) atoms. The number of fused-ring (bicyclic) bond motifs is 2. The Morgan fingerprint density at radius 1 is 1.24 bits per heavy atom. The lowest BCUT2D eigenvalue weighted by Gasteiger charge is -2.30. The summed E-state index contributed by atoms with van der Waals surface area (Å²) in [4.78, 5) is 14.7. The molecule has 1 amide bonds. The Balaban J connectivity index is 1.65. The maximum Gasteiger partial charge on any atom is 0.226 e. The molecule has 2 saturated carbocycles. The highest BCUT2D eigenvalue weighted by Crippen LogP contribution is 2.49. The fraction of sp³-hybridized carbons (Fsp3) is 0.929. The summed E-state index contributed by atoms with van der Waals surface area (Å²) in [6.07, 6.45) is 8.06. The van der Waals surface area contributed by atoms with Gasteiger partial charge >= 0.3 is 0 Å². The van der Waals surface area contributed by atoms with Crippen LogP contribution in [0.5, 0.6) is 0 Å². The van der Waals surface area contributed by atoms with Crippen molar-refractivity contribution in [1.82, 2.24) is 4.90 Å². The molecule has 3 rings (SSSR count). The second-order valence-corrected chi connectivity index (χ2v) is 6.12. The standard InChI is InChI=1S/C14H23NO2/c16-7-5-12-2-1-6-15(12)14(17)13-9-10-3-4-11(13)8-10/h10-13,16H,1-9H2. The normalized spacial score (nSPS) is 40.2. The van der Waals surface area contributed by atoms with Crippen LogP contribution >= 0.6 is 0 Å². The molecule has 1 saturated heterocycles. The van der Waals surface area contributed by atoms with Gasteiger partial charge in [0.2, 0.25) is 5.91 Å². The molecule has 1 aliphatic heterocycles. The van der Waals surface area contributed by atoms with Crippen LogP contribution in [0.25, 0.3) is 0 Å². The first-order valence-electron chi connectivity index (χ1n) is 7.21. The number of carbonyl (C=O) groups is 1. The third kappa shape index (κ3) is 1.99. The van der Waals surface area contributed by atoms with Crippen LogP contribution in [0.1, 0.15) is 44.9 Å². The zero-order chi connectivity index (χ0) is 11.8. The van der Waals surface area contributed by atoms with Gasteiger partial charge in [0, 0.05) is 25.1 Å². The molecule has 3 heteroatoms. The summed E-state index contributed by atoms with van der Waals surface area (Å²) in [6, 6.07) is 0.326. The summed E-state index contributed by atoms with van der Waals surface area (Å²) in [5.74, 6) is 2.26. The first-order valence-corrected chi connectivity index (χ1v) is 7.21. The lowest BCUT2D eigenvalue weighted by Crippen LogP contribution is -2.41. The van der Waals surface area contributed by atoms with E-state index in [9.17, 15) is 4.79 Å². The number of amides is 1. The molecule has 4 unspecified atom stereocenters. The summed E-state index contributed by atoms with van der Waals surface area (Å²) in [6.45, 7) is 1.14. The Hall–Kier alpha value is -0.570. The van der Waals surface area contributed by atoms with E-state index in [0.717, 1.165) is 38.1 Å². The van der Waals surface area contributed by atoms with Crippen LogP contribution in [0.4, 0.5) is 0 Å². The van der Waals surface area contributed by atoms with E-state index in [4.69, 9.17) is 5.11 Å². The van der Waals surface area contributed by atoms with Gasteiger partial charge in [-0.3, -0.25) is 4.79 Å². The number of hydrogen-bond donors (Lipinski definition) is 1. The van der Waals surface area contributed by atoms with E-state index >= 15 is 0 Å². The highest BCUT2D eigenvalue weighted by molar-refractivity contribution is 5.80. The third-order valence-electron chi connectivity index (χ3n) is 5.18. The number of rotatable bonds is 3. The van der Waals surface area contributed by atoms with Crippen molar-refractivity contribution in [3.05, 3.63) is 0 Å². The van der Waals surface area contributed by atoms with E-state index in [0.29, 0.717) is 23.8 Å². The van der Waals surface area contributed by atoms with E-state index in [2.05, 4.69) is 4.90 Å². The van der Waals surface area contributed by atoms with Crippen LogP contribution in [0.3, 0.4) is 0 Å². The first-order chi connectivity index (χ1) is 8.29. The Morgan fingerprint density at radius 3 is 2.76 bits per heavy atom. The van der Waals surface area contributed by atoms with Gasteiger partial charge in [-0.15, -0.1) is 0 Å². The van der Waals surface area contributed by atoms with E-state index < -0.39 is 0 Å². The highest BCUT2D eigenvalue weighted by atomic mass is 16.3. The van der Waals surface area contributed by atoms with Gasteiger partial charge in [0.05, 0.1) is 0 Å². The minimum Gasteiger partial charge on any atom is -0.396 e. The van der Waals surface area contributed by atoms with Crippen molar-refractivity contribution in [3.8, 4) is 0 Å². The van der Waals surface area contributed by atoms with Crippen molar-refractivity contribution < 1.29 is 9.90 Å². The number of aliphatic hydroxyl groups is 1. The Kier molecular flexibility index (Phi) is 3.12. The van der Waals surface area contributed by atoms with Crippen LogP contribution in [-0.2, 0) is 4.79 Å². The molecule has 96 valence electrons. The molecular formula is C14H23NO2. The van der Waals surface area contributed by atoms with E-state index in [1.54, 1.807) is 0 Å². The van der Waals surface area contributed by atoms with Crippen LogP contribution in [-0.4, -0.2) is 35.1 Å².